The SMILES string of the molecule is [CH]c1cccc(Cl)c1Br. The number of rotatable bonds is 0. The van der Waals surface area contributed by atoms with Crippen molar-refractivity contribution in [2.24, 2.45) is 0 Å². The first-order chi connectivity index (χ1) is 4.22. The second-order valence-electron chi connectivity index (χ2n) is 1.64. The largest absolute Gasteiger partial charge is 0.0831 e. The third-order valence-electron chi connectivity index (χ3n) is 0.981. The van der Waals surface area contributed by atoms with Gasteiger partial charge in [0.15, 0.2) is 0 Å². The normalized spacial score (nSPS) is 9.67. The van der Waals surface area contributed by atoms with E-state index in [1.807, 2.05) is 6.07 Å². The quantitative estimate of drug-likeness (QED) is 0.608. The monoisotopic (exact) mass is 202 g/mol. The summed E-state index contributed by atoms with van der Waals surface area (Å²) >= 11 is 8.91. The highest BCUT2D eigenvalue weighted by Gasteiger charge is 1.96. The second kappa shape index (κ2) is 2.72. The molecule has 0 spiro atoms. The zero-order chi connectivity index (χ0) is 6.85. The van der Waals surface area contributed by atoms with Gasteiger partial charge in [0.05, 0.1) is 5.02 Å². The van der Waals surface area contributed by atoms with Gasteiger partial charge < -0.3 is 0 Å². The van der Waals surface area contributed by atoms with Crippen LogP contribution >= 0.6 is 27.5 Å². The van der Waals surface area contributed by atoms with Crippen molar-refractivity contribution in [3.05, 3.63) is 40.2 Å². The molecule has 0 aromatic heterocycles. The molecule has 0 aliphatic rings. The molecular formula is C7H4BrCl. The highest BCUT2D eigenvalue weighted by Crippen LogP contribution is 2.24. The van der Waals surface area contributed by atoms with Gasteiger partial charge in [-0.25, -0.2) is 0 Å². The van der Waals surface area contributed by atoms with Crippen LogP contribution in [0.5, 0.6) is 0 Å². The van der Waals surface area contributed by atoms with Gasteiger partial charge in [0, 0.05) is 11.4 Å². The molecule has 1 aromatic rings. The highest BCUT2D eigenvalue weighted by atomic mass is 79.9. The van der Waals surface area contributed by atoms with E-state index in [9.17, 15) is 0 Å². The van der Waals surface area contributed by atoms with E-state index in [1.165, 1.54) is 0 Å². The predicted octanol–water partition coefficient (Wildman–Crippen LogP) is 3.16. The minimum atomic E-state index is 0.648. The fourth-order valence-electron chi connectivity index (χ4n) is 0.520. The molecule has 0 amide bonds. The summed E-state index contributed by atoms with van der Waals surface area (Å²) < 4.78 is 0.770. The molecule has 0 aliphatic heterocycles. The van der Waals surface area contributed by atoms with Crippen LogP contribution in [0.2, 0.25) is 5.02 Å². The Kier molecular flexibility index (Phi) is 2.14. The Morgan fingerprint density at radius 1 is 1.44 bits per heavy atom. The van der Waals surface area contributed by atoms with Crippen molar-refractivity contribution in [1.29, 1.82) is 0 Å². The van der Waals surface area contributed by atoms with E-state index in [4.69, 9.17) is 18.5 Å². The summed E-state index contributed by atoms with van der Waals surface area (Å²) in [5.74, 6) is 0. The molecule has 0 fully saturated rings. The van der Waals surface area contributed by atoms with Crippen molar-refractivity contribution in [2.45, 2.75) is 0 Å². The van der Waals surface area contributed by atoms with Crippen LogP contribution in [0.1, 0.15) is 5.56 Å². The Bertz CT molecular complexity index is 200. The van der Waals surface area contributed by atoms with Crippen LogP contribution in [0.15, 0.2) is 22.7 Å². The van der Waals surface area contributed by atoms with Gasteiger partial charge in [0.2, 0.25) is 0 Å². The summed E-state index contributed by atoms with van der Waals surface area (Å²) in [6, 6.07) is 5.38. The molecule has 9 heavy (non-hydrogen) atoms. The van der Waals surface area contributed by atoms with Crippen molar-refractivity contribution in [1.82, 2.24) is 0 Å². The summed E-state index contributed by atoms with van der Waals surface area (Å²) in [5.41, 5.74) is 0.669. The third-order valence-corrected chi connectivity index (χ3v) is 2.41. The lowest BCUT2D eigenvalue weighted by Gasteiger charge is -1.96. The van der Waals surface area contributed by atoms with E-state index in [1.54, 1.807) is 12.1 Å². The number of hydrogen-bond acceptors (Lipinski definition) is 0. The second-order valence-corrected chi connectivity index (χ2v) is 2.84. The zero-order valence-electron chi connectivity index (χ0n) is 4.57. The maximum atomic E-state index is 5.69. The lowest BCUT2D eigenvalue weighted by atomic mass is 10.2. The van der Waals surface area contributed by atoms with E-state index in [-0.39, 0.29) is 0 Å². The molecule has 2 heteroatoms. The van der Waals surface area contributed by atoms with Gasteiger partial charge >= 0.3 is 0 Å². The standard InChI is InChI=1S/C7H4BrCl/c1-5-3-2-4-6(9)7(5)8/h1-4H. The summed E-state index contributed by atoms with van der Waals surface area (Å²) in [5, 5.41) is 0.648. The molecule has 46 valence electrons. The minimum Gasteiger partial charge on any atom is -0.0831 e. The highest BCUT2D eigenvalue weighted by molar-refractivity contribution is 9.10. The maximum absolute atomic E-state index is 5.69. The van der Waals surface area contributed by atoms with Crippen molar-refractivity contribution >= 4 is 27.5 Å². The molecule has 0 saturated heterocycles. The molecular weight excluding hydrogens is 199 g/mol. The molecule has 2 radical (unpaired) electrons. The Hall–Kier alpha value is -0.0100. The fourth-order valence-corrected chi connectivity index (χ4v) is 0.967. The van der Waals surface area contributed by atoms with Crippen LogP contribution in [0.3, 0.4) is 0 Å². The van der Waals surface area contributed by atoms with E-state index in [0.717, 1.165) is 4.47 Å². The Labute approximate surface area is 68.0 Å². The molecule has 0 heterocycles. The molecule has 0 aliphatic carbocycles. The first kappa shape index (κ1) is 7.10. The van der Waals surface area contributed by atoms with E-state index in [0.29, 0.717) is 10.6 Å². The van der Waals surface area contributed by atoms with Crippen LogP contribution in [-0.4, -0.2) is 0 Å². The number of hydrogen-bond donors (Lipinski definition) is 0. The van der Waals surface area contributed by atoms with E-state index in [2.05, 4.69) is 15.9 Å². The van der Waals surface area contributed by atoms with Gasteiger partial charge in [-0.3, -0.25) is 0 Å². The van der Waals surface area contributed by atoms with Crippen LogP contribution in [-0.2, 0) is 0 Å². The van der Waals surface area contributed by atoms with Gasteiger partial charge in [-0.05, 0) is 27.6 Å². The van der Waals surface area contributed by atoms with Crippen molar-refractivity contribution in [3.8, 4) is 0 Å². The predicted molar refractivity (Wildman–Crippen MR) is 42.6 cm³/mol. The van der Waals surface area contributed by atoms with Gasteiger partial charge in [0.25, 0.3) is 0 Å². The molecule has 0 atom stereocenters. The minimum absolute atomic E-state index is 0.648. The summed E-state index contributed by atoms with van der Waals surface area (Å²) in [6.45, 7) is 5.49. The van der Waals surface area contributed by atoms with Crippen LogP contribution < -0.4 is 0 Å². The first-order valence-corrected chi connectivity index (χ1v) is 3.58. The lowest BCUT2D eigenvalue weighted by Crippen LogP contribution is -1.73. The molecule has 0 N–H and O–H groups in total. The van der Waals surface area contributed by atoms with Gasteiger partial charge in [-0.2, -0.15) is 0 Å². The van der Waals surface area contributed by atoms with E-state index >= 15 is 0 Å². The van der Waals surface area contributed by atoms with Crippen molar-refractivity contribution in [3.63, 3.8) is 0 Å². The molecule has 0 bridgehead atoms. The molecule has 0 saturated carbocycles. The molecule has 1 rings (SSSR count). The number of benzene rings is 1. The van der Waals surface area contributed by atoms with Gasteiger partial charge in [0.1, 0.15) is 0 Å². The van der Waals surface area contributed by atoms with E-state index < -0.39 is 0 Å². The van der Waals surface area contributed by atoms with Crippen LogP contribution in [0, 0.1) is 6.92 Å². The number of halogens is 2. The van der Waals surface area contributed by atoms with Crippen LogP contribution in [0.4, 0.5) is 0 Å². The molecule has 0 nitrogen and oxygen atoms in total. The van der Waals surface area contributed by atoms with Crippen molar-refractivity contribution in [2.75, 3.05) is 0 Å². The maximum Gasteiger partial charge on any atom is 0.0550 e. The Morgan fingerprint density at radius 2 is 2.11 bits per heavy atom. The fraction of sp³-hybridized carbons (Fsp3) is 0. The van der Waals surface area contributed by atoms with Crippen LogP contribution in [0.25, 0.3) is 0 Å². The average Bonchev–Trinajstić information content (AvgIpc) is 1.83. The molecule has 1 aromatic carbocycles. The lowest BCUT2D eigenvalue weighted by molar-refractivity contribution is 1.56. The Balaban J connectivity index is 3.25. The Morgan fingerprint density at radius 3 is 2.56 bits per heavy atom. The average molecular weight is 203 g/mol. The smallest absolute Gasteiger partial charge is 0.0550 e. The topological polar surface area (TPSA) is 0 Å². The van der Waals surface area contributed by atoms with Gasteiger partial charge in [-0.1, -0.05) is 23.7 Å². The zero-order valence-corrected chi connectivity index (χ0v) is 6.91. The third kappa shape index (κ3) is 1.46. The first-order valence-electron chi connectivity index (χ1n) is 2.41. The molecule has 0 unspecified atom stereocenters. The summed E-state index contributed by atoms with van der Waals surface area (Å²) in [4.78, 5) is 0. The van der Waals surface area contributed by atoms with Gasteiger partial charge in [-0.15, -0.1) is 0 Å². The summed E-state index contributed by atoms with van der Waals surface area (Å²) in [6.07, 6.45) is 0. The van der Waals surface area contributed by atoms with Crippen molar-refractivity contribution < 1.29 is 0 Å². The summed E-state index contributed by atoms with van der Waals surface area (Å²) in [7, 11) is 0.